The second kappa shape index (κ2) is 15.4. The number of carbonyl (C=O) groups is 2. The van der Waals surface area contributed by atoms with Crippen molar-refractivity contribution in [3.63, 3.8) is 0 Å². The average molecular weight is 703 g/mol. The first kappa shape index (κ1) is 39.0. The molecule has 1 fully saturated rings. The average Bonchev–Trinajstić information content (AvgIpc) is 3.11. The lowest BCUT2D eigenvalue weighted by atomic mass is 9.67. The Morgan fingerprint density at radius 1 is 0.558 bits per heavy atom. The van der Waals surface area contributed by atoms with Crippen LogP contribution in [0.25, 0.3) is 0 Å². The van der Waals surface area contributed by atoms with E-state index in [1.165, 1.54) is 0 Å². The molecule has 5 rings (SSSR count). The van der Waals surface area contributed by atoms with Gasteiger partial charge in [0.15, 0.2) is 0 Å². The van der Waals surface area contributed by atoms with Crippen molar-refractivity contribution in [1.29, 1.82) is 0 Å². The van der Waals surface area contributed by atoms with Crippen LogP contribution in [0.1, 0.15) is 104 Å². The highest BCUT2D eigenvalue weighted by atomic mass is 16.3. The van der Waals surface area contributed by atoms with Crippen LogP contribution in [0.5, 0.6) is 0 Å². The number of primary amides is 1. The van der Waals surface area contributed by atoms with Crippen molar-refractivity contribution in [2.45, 2.75) is 111 Å². The summed E-state index contributed by atoms with van der Waals surface area (Å²) >= 11 is 0. The molecule has 0 heterocycles. The number of amides is 2. The summed E-state index contributed by atoms with van der Waals surface area (Å²) in [7, 11) is 0. The van der Waals surface area contributed by atoms with Crippen molar-refractivity contribution < 1.29 is 19.8 Å². The fourth-order valence-corrected chi connectivity index (χ4v) is 8.65. The molecule has 276 valence electrons. The van der Waals surface area contributed by atoms with Crippen LogP contribution < -0.4 is 5.73 Å². The van der Waals surface area contributed by atoms with Gasteiger partial charge in [0.2, 0.25) is 11.8 Å². The standard InChI is InChI=1S/C46H58N2O4/c1-30(2)40(45(51,36-20-12-32(5)13-21-36)37-22-14-33(6)15-23-37)48(43(50)44(42(47)49)28-10-9-11-29-44)41(31(3)4)46(52,38-24-16-34(7)17-25-38)39-26-18-35(8)19-27-39/h12-27,30-31,40-41,51-52H,9-11,28-29H2,1-8H3,(H2,47,49)/t40-,41-/m1/s1. The van der Waals surface area contributed by atoms with Crippen molar-refractivity contribution in [1.82, 2.24) is 4.90 Å². The van der Waals surface area contributed by atoms with E-state index in [9.17, 15) is 15.0 Å². The highest BCUT2D eigenvalue weighted by molar-refractivity contribution is 6.05. The first-order chi connectivity index (χ1) is 24.6. The third-order valence-electron chi connectivity index (χ3n) is 11.5. The van der Waals surface area contributed by atoms with Crippen molar-refractivity contribution in [3.05, 3.63) is 142 Å². The van der Waals surface area contributed by atoms with Gasteiger partial charge in [-0.3, -0.25) is 9.59 Å². The van der Waals surface area contributed by atoms with Crippen molar-refractivity contribution >= 4 is 11.8 Å². The fourth-order valence-electron chi connectivity index (χ4n) is 8.65. The van der Waals surface area contributed by atoms with Gasteiger partial charge < -0.3 is 20.8 Å². The zero-order valence-electron chi connectivity index (χ0n) is 32.3. The molecule has 0 saturated heterocycles. The van der Waals surface area contributed by atoms with Gasteiger partial charge in [-0.15, -0.1) is 0 Å². The Labute approximate surface area is 311 Å². The molecule has 0 bridgehead atoms. The lowest BCUT2D eigenvalue weighted by Crippen LogP contribution is -2.69. The van der Waals surface area contributed by atoms with E-state index in [2.05, 4.69) is 0 Å². The molecule has 2 amide bonds. The van der Waals surface area contributed by atoms with Gasteiger partial charge in [-0.25, -0.2) is 0 Å². The Balaban J connectivity index is 1.93. The molecule has 0 unspecified atom stereocenters. The molecule has 0 aromatic heterocycles. The Morgan fingerprint density at radius 3 is 1.06 bits per heavy atom. The molecule has 0 spiro atoms. The molecule has 0 radical (unpaired) electrons. The summed E-state index contributed by atoms with van der Waals surface area (Å²) in [5.41, 5.74) is 7.91. The largest absolute Gasteiger partial charge is 0.378 e. The van der Waals surface area contributed by atoms with Gasteiger partial charge >= 0.3 is 0 Å². The molecular formula is C46H58N2O4. The van der Waals surface area contributed by atoms with Gasteiger partial charge in [0.05, 0.1) is 12.1 Å². The molecular weight excluding hydrogens is 645 g/mol. The molecule has 1 saturated carbocycles. The number of hydrogen-bond donors (Lipinski definition) is 3. The number of rotatable bonds is 12. The van der Waals surface area contributed by atoms with Gasteiger partial charge in [-0.2, -0.15) is 0 Å². The maximum Gasteiger partial charge on any atom is 0.239 e. The van der Waals surface area contributed by atoms with Crippen LogP contribution in [0.2, 0.25) is 0 Å². The van der Waals surface area contributed by atoms with E-state index in [1.54, 1.807) is 4.90 Å². The zero-order valence-corrected chi connectivity index (χ0v) is 32.3. The van der Waals surface area contributed by atoms with Crippen LogP contribution in [0.15, 0.2) is 97.1 Å². The molecule has 4 aromatic rings. The number of hydrogen-bond acceptors (Lipinski definition) is 4. The predicted molar refractivity (Wildman–Crippen MR) is 210 cm³/mol. The molecule has 0 aliphatic heterocycles. The van der Waals surface area contributed by atoms with Crippen LogP contribution in [0.3, 0.4) is 0 Å². The summed E-state index contributed by atoms with van der Waals surface area (Å²) in [5.74, 6) is -1.80. The van der Waals surface area contributed by atoms with E-state index in [0.717, 1.165) is 28.7 Å². The van der Waals surface area contributed by atoms with Gasteiger partial charge in [0, 0.05) is 0 Å². The van der Waals surface area contributed by atoms with Gasteiger partial charge in [0.25, 0.3) is 0 Å². The number of nitrogens with zero attached hydrogens (tertiary/aromatic N) is 1. The molecule has 4 aromatic carbocycles. The van der Waals surface area contributed by atoms with Crippen LogP contribution in [-0.4, -0.2) is 39.0 Å². The first-order valence-corrected chi connectivity index (χ1v) is 18.9. The fraction of sp³-hybridized carbons (Fsp3) is 0.435. The van der Waals surface area contributed by atoms with Crippen LogP contribution >= 0.6 is 0 Å². The second-order valence-corrected chi connectivity index (χ2v) is 16.1. The monoisotopic (exact) mass is 702 g/mol. The number of benzene rings is 4. The van der Waals surface area contributed by atoms with Gasteiger partial charge in [0.1, 0.15) is 16.6 Å². The van der Waals surface area contributed by atoms with Crippen LogP contribution in [0, 0.1) is 44.9 Å². The van der Waals surface area contributed by atoms with Gasteiger partial charge in [-0.05, 0) is 74.6 Å². The summed E-state index contributed by atoms with van der Waals surface area (Å²) < 4.78 is 0. The molecule has 6 nitrogen and oxygen atoms in total. The van der Waals surface area contributed by atoms with Crippen molar-refractivity contribution in [2.24, 2.45) is 23.0 Å². The van der Waals surface area contributed by atoms with Crippen molar-refractivity contribution in [2.75, 3.05) is 0 Å². The Bertz CT molecular complexity index is 1620. The van der Waals surface area contributed by atoms with Crippen LogP contribution in [-0.2, 0) is 20.8 Å². The number of aryl methyl sites for hydroxylation is 4. The Hall–Kier alpha value is -4.26. The lowest BCUT2D eigenvalue weighted by molar-refractivity contribution is -0.175. The highest BCUT2D eigenvalue weighted by Gasteiger charge is 2.59. The predicted octanol–water partition coefficient (Wildman–Crippen LogP) is 8.41. The second-order valence-electron chi connectivity index (χ2n) is 16.1. The Kier molecular flexibility index (Phi) is 11.5. The van der Waals surface area contributed by atoms with E-state index in [-0.39, 0.29) is 11.8 Å². The summed E-state index contributed by atoms with van der Waals surface area (Å²) in [5, 5.41) is 27.4. The van der Waals surface area contributed by atoms with E-state index in [1.807, 2.05) is 152 Å². The normalized spacial score (nSPS) is 16.1. The van der Waals surface area contributed by atoms with E-state index >= 15 is 4.79 Å². The molecule has 4 N–H and O–H groups in total. The number of nitrogens with two attached hydrogens (primary N) is 1. The summed E-state index contributed by atoms with van der Waals surface area (Å²) in [6, 6.07) is 29.3. The van der Waals surface area contributed by atoms with E-state index in [0.29, 0.717) is 47.9 Å². The topological polar surface area (TPSA) is 104 Å². The maximum atomic E-state index is 16.0. The van der Waals surface area contributed by atoms with E-state index in [4.69, 9.17) is 5.73 Å². The van der Waals surface area contributed by atoms with E-state index < -0.39 is 40.5 Å². The third-order valence-corrected chi connectivity index (χ3v) is 11.5. The molecule has 6 heteroatoms. The first-order valence-electron chi connectivity index (χ1n) is 18.9. The lowest BCUT2D eigenvalue weighted by Gasteiger charge is -2.55. The molecule has 1 aliphatic rings. The highest BCUT2D eigenvalue weighted by Crippen LogP contribution is 2.49. The molecule has 2 atom stereocenters. The van der Waals surface area contributed by atoms with Crippen LogP contribution in [0.4, 0.5) is 0 Å². The quantitative estimate of drug-likeness (QED) is 0.129. The molecule has 1 aliphatic carbocycles. The third kappa shape index (κ3) is 7.08. The molecule has 52 heavy (non-hydrogen) atoms. The minimum absolute atomic E-state index is 0.314. The minimum atomic E-state index is -1.76. The summed E-state index contributed by atoms with van der Waals surface area (Å²) in [6.45, 7) is 16.0. The Morgan fingerprint density at radius 2 is 0.827 bits per heavy atom. The smallest absolute Gasteiger partial charge is 0.239 e. The summed E-state index contributed by atoms with van der Waals surface area (Å²) in [4.78, 5) is 31.5. The zero-order chi connectivity index (χ0) is 38.0. The van der Waals surface area contributed by atoms with Gasteiger partial charge in [-0.1, -0.05) is 166 Å². The SMILES string of the molecule is Cc1ccc(C(O)(c2ccc(C)cc2)[C@@H](C(C)C)N(C(=O)C2(C(N)=O)CCCCC2)[C@H](C(C)C)C(O)(c2ccc(C)cc2)c2ccc(C)cc2)cc1. The minimum Gasteiger partial charge on any atom is -0.378 e. The number of carbonyl (C=O) groups excluding carboxylic acids is 2. The van der Waals surface area contributed by atoms with Crippen molar-refractivity contribution in [3.8, 4) is 0 Å². The number of aliphatic hydroxyl groups is 2. The maximum absolute atomic E-state index is 16.0. The summed E-state index contributed by atoms with van der Waals surface area (Å²) in [6.07, 6.45) is 2.89.